The van der Waals surface area contributed by atoms with E-state index in [1.165, 1.54) is 6.07 Å². The number of aliphatic carboxylic acids is 1. The molecule has 3 rings (SSSR count). The van der Waals surface area contributed by atoms with Gasteiger partial charge in [-0.1, -0.05) is 11.6 Å². The summed E-state index contributed by atoms with van der Waals surface area (Å²) < 4.78 is 33.3. The summed E-state index contributed by atoms with van der Waals surface area (Å²) in [5.41, 5.74) is -1.10. The van der Waals surface area contributed by atoms with Gasteiger partial charge in [-0.3, -0.25) is 9.69 Å². The second-order valence-corrected chi connectivity index (χ2v) is 8.13. The number of carbonyl (C=O) groups is 2. The first-order chi connectivity index (χ1) is 13.6. The third-order valence-electron chi connectivity index (χ3n) is 5.77. The Hall–Kier alpha value is -2.33. The molecule has 29 heavy (non-hydrogen) atoms. The largest absolute Gasteiger partial charge is 0.489 e. The third kappa shape index (κ3) is 4.04. The number of alkyl halides is 2. The van der Waals surface area contributed by atoms with Crippen LogP contribution in [0, 0.1) is 19.3 Å². The predicted molar refractivity (Wildman–Crippen MR) is 105 cm³/mol. The number of aryl methyl sites for hydroxylation is 1. The van der Waals surface area contributed by atoms with Gasteiger partial charge in [0.1, 0.15) is 11.3 Å². The Labute approximate surface area is 173 Å². The lowest BCUT2D eigenvalue weighted by Gasteiger charge is -2.44. The number of carboxylic acids is 1. The Morgan fingerprint density at radius 3 is 2.34 bits per heavy atom. The van der Waals surface area contributed by atoms with Crippen molar-refractivity contribution in [3.05, 3.63) is 22.7 Å². The van der Waals surface area contributed by atoms with E-state index in [9.17, 15) is 23.5 Å². The zero-order valence-corrected chi connectivity index (χ0v) is 16.8. The maximum Gasteiger partial charge on any atom is 0.330 e. The van der Waals surface area contributed by atoms with Crippen LogP contribution in [0.25, 0.3) is 0 Å². The van der Waals surface area contributed by atoms with E-state index in [4.69, 9.17) is 22.8 Å². The van der Waals surface area contributed by atoms with Gasteiger partial charge in [0.2, 0.25) is 5.92 Å². The molecule has 5 nitrogen and oxygen atoms in total. The summed E-state index contributed by atoms with van der Waals surface area (Å²) in [6.07, 6.45) is 6.16. The smallest absolute Gasteiger partial charge is 0.330 e. The number of carbonyl (C=O) groups excluding carboxylic acids is 1. The summed E-state index contributed by atoms with van der Waals surface area (Å²) in [4.78, 5) is 25.7. The molecule has 1 aromatic rings. The fourth-order valence-corrected chi connectivity index (χ4v) is 4.14. The van der Waals surface area contributed by atoms with Crippen molar-refractivity contribution in [2.75, 3.05) is 4.90 Å². The molecule has 0 atom stereocenters. The molecule has 1 aromatic carbocycles. The molecular formula is C21H22ClF2NO4. The van der Waals surface area contributed by atoms with E-state index in [1.54, 1.807) is 13.0 Å². The first-order valence-corrected chi connectivity index (χ1v) is 9.86. The monoisotopic (exact) mass is 425 g/mol. The van der Waals surface area contributed by atoms with Gasteiger partial charge in [0.25, 0.3) is 0 Å². The van der Waals surface area contributed by atoms with Gasteiger partial charge in [-0.2, -0.15) is 0 Å². The highest BCUT2D eigenvalue weighted by Crippen LogP contribution is 2.45. The van der Waals surface area contributed by atoms with E-state index >= 15 is 0 Å². The molecular weight excluding hydrogens is 404 g/mol. The molecule has 0 spiro atoms. The molecule has 0 aliphatic heterocycles. The summed E-state index contributed by atoms with van der Waals surface area (Å²) in [5, 5.41) is 10.1. The first-order valence-electron chi connectivity index (χ1n) is 9.48. The van der Waals surface area contributed by atoms with E-state index in [2.05, 4.69) is 0 Å². The summed E-state index contributed by atoms with van der Waals surface area (Å²) >= 11 is 6.38. The van der Waals surface area contributed by atoms with Crippen molar-refractivity contribution >= 4 is 29.2 Å². The Kier molecular flexibility index (Phi) is 5.77. The van der Waals surface area contributed by atoms with Crippen molar-refractivity contribution in [2.45, 2.75) is 69.4 Å². The van der Waals surface area contributed by atoms with E-state index in [0.29, 0.717) is 11.3 Å². The van der Waals surface area contributed by atoms with Crippen molar-refractivity contribution < 1.29 is 28.2 Å². The maximum atomic E-state index is 13.7. The number of ether oxygens (including phenoxy) is 1. The molecule has 2 aliphatic rings. The maximum absolute atomic E-state index is 13.7. The fraction of sp³-hybridized carbons (Fsp3) is 0.524. The van der Waals surface area contributed by atoms with Crippen LogP contribution < -0.4 is 9.64 Å². The number of terminal acetylenes is 1. The lowest BCUT2D eigenvalue weighted by molar-refractivity contribution is -0.150. The van der Waals surface area contributed by atoms with Gasteiger partial charge in [0, 0.05) is 18.5 Å². The number of rotatable bonds is 5. The highest BCUT2D eigenvalue weighted by Gasteiger charge is 2.53. The number of carboxylic acid groups (broad SMARTS) is 1. The second kappa shape index (κ2) is 7.83. The normalized spacial score (nSPS) is 20.2. The highest BCUT2D eigenvalue weighted by atomic mass is 35.5. The second-order valence-electron chi connectivity index (χ2n) is 7.72. The van der Waals surface area contributed by atoms with Crippen LogP contribution in [-0.4, -0.2) is 34.5 Å². The van der Waals surface area contributed by atoms with Crippen LogP contribution in [0.5, 0.6) is 5.75 Å². The lowest BCUT2D eigenvalue weighted by atomic mass is 9.78. The van der Waals surface area contributed by atoms with E-state index < -0.39 is 49.0 Å². The molecule has 0 saturated heterocycles. The van der Waals surface area contributed by atoms with Crippen LogP contribution in [0.15, 0.2) is 12.1 Å². The number of anilines is 1. The lowest BCUT2D eigenvalue weighted by Crippen LogP contribution is -2.60. The van der Waals surface area contributed by atoms with Crippen LogP contribution in [-0.2, 0) is 9.59 Å². The number of hydrogen-bond acceptors (Lipinski definition) is 3. The number of benzene rings is 1. The minimum Gasteiger partial charge on any atom is -0.489 e. The third-order valence-corrected chi connectivity index (χ3v) is 6.05. The molecule has 156 valence electrons. The molecule has 0 radical (unpaired) electrons. The Balaban J connectivity index is 2.03. The summed E-state index contributed by atoms with van der Waals surface area (Å²) in [5.74, 6) is -2.87. The van der Waals surface area contributed by atoms with Crippen molar-refractivity contribution in [1.82, 2.24) is 0 Å². The van der Waals surface area contributed by atoms with Crippen LogP contribution >= 0.6 is 11.6 Å². The average molecular weight is 426 g/mol. The van der Waals surface area contributed by atoms with Crippen LogP contribution in [0.2, 0.25) is 5.02 Å². The zero-order chi connectivity index (χ0) is 21.4. The molecule has 0 unspecified atom stereocenters. The van der Waals surface area contributed by atoms with Gasteiger partial charge in [-0.15, -0.1) is 6.42 Å². The SMILES string of the molecule is C#CC(=O)N(c1cc(C)c(OC2CCC2)c(Cl)c1)C1(C(=O)O)CCC(F)(F)CC1. The molecule has 2 fully saturated rings. The Bertz CT molecular complexity index is 843. The topological polar surface area (TPSA) is 66.8 Å². The van der Waals surface area contributed by atoms with Gasteiger partial charge >= 0.3 is 11.9 Å². The van der Waals surface area contributed by atoms with Gasteiger partial charge in [-0.25, -0.2) is 13.6 Å². The minimum atomic E-state index is -2.97. The molecule has 2 aliphatic carbocycles. The summed E-state index contributed by atoms with van der Waals surface area (Å²) in [7, 11) is 0. The van der Waals surface area contributed by atoms with Gasteiger partial charge in [0.05, 0.1) is 11.1 Å². The van der Waals surface area contributed by atoms with E-state index in [0.717, 1.165) is 24.2 Å². The molecule has 0 heterocycles. The van der Waals surface area contributed by atoms with Crippen LogP contribution in [0.1, 0.15) is 50.5 Å². The quantitative estimate of drug-likeness (QED) is 0.701. The summed E-state index contributed by atoms with van der Waals surface area (Å²) in [6.45, 7) is 1.73. The van der Waals surface area contributed by atoms with Crippen molar-refractivity contribution in [1.29, 1.82) is 0 Å². The van der Waals surface area contributed by atoms with Gasteiger partial charge in [-0.05, 0) is 62.6 Å². The molecule has 8 heteroatoms. The van der Waals surface area contributed by atoms with Gasteiger partial charge < -0.3 is 9.84 Å². The van der Waals surface area contributed by atoms with E-state index in [1.807, 2.05) is 5.92 Å². The molecule has 0 aromatic heterocycles. The average Bonchev–Trinajstić information content (AvgIpc) is 2.61. The molecule has 1 amide bonds. The number of nitrogens with zero attached hydrogens (tertiary/aromatic N) is 1. The van der Waals surface area contributed by atoms with Crippen LogP contribution in [0.4, 0.5) is 14.5 Å². The van der Waals surface area contributed by atoms with Crippen molar-refractivity contribution in [3.63, 3.8) is 0 Å². The zero-order valence-electron chi connectivity index (χ0n) is 16.0. The Morgan fingerprint density at radius 1 is 1.28 bits per heavy atom. The number of halogens is 3. The van der Waals surface area contributed by atoms with Gasteiger partial charge in [0.15, 0.2) is 0 Å². The molecule has 2 saturated carbocycles. The predicted octanol–water partition coefficient (Wildman–Crippen LogP) is 4.58. The Morgan fingerprint density at radius 2 is 1.90 bits per heavy atom. The first kappa shape index (κ1) is 21.4. The minimum absolute atomic E-state index is 0.0754. The molecule has 1 N–H and O–H groups in total. The molecule has 0 bridgehead atoms. The summed E-state index contributed by atoms with van der Waals surface area (Å²) in [6, 6.07) is 2.97. The van der Waals surface area contributed by atoms with Crippen molar-refractivity contribution in [2.24, 2.45) is 0 Å². The van der Waals surface area contributed by atoms with E-state index in [-0.39, 0.29) is 16.8 Å². The standard InChI is InChI=1S/C21H22ClF2NO4/c1-3-17(26)25(20(19(27)28)7-9-21(23,24)10-8-20)14-11-13(2)18(16(22)12-14)29-15-5-4-6-15/h1,11-12,15H,4-10H2,2H3,(H,27,28). The highest BCUT2D eigenvalue weighted by molar-refractivity contribution is 6.32. The van der Waals surface area contributed by atoms with Crippen LogP contribution in [0.3, 0.4) is 0 Å². The number of hydrogen-bond donors (Lipinski definition) is 1. The number of amides is 1. The van der Waals surface area contributed by atoms with Crippen molar-refractivity contribution in [3.8, 4) is 18.1 Å². The fourth-order valence-electron chi connectivity index (χ4n) is 3.83.